The monoisotopic (exact) mass is 266 g/mol. The van der Waals surface area contributed by atoms with Crippen LogP contribution in [-0.4, -0.2) is 5.33 Å². The fourth-order valence-corrected chi connectivity index (χ4v) is 1.84. The summed E-state index contributed by atoms with van der Waals surface area (Å²) in [7, 11) is 0. The predicted octanol–water partition coefficient (Wildman–Crippen LogP) is 4.83. The van der Waals surface area contributed by atoms with Gasteiger partial charge in [0.05, 0.1) is 0 Å². The summed E-state index contributed by atoms with van der Waals surface area (Å²) in [5, 5.41) is 1.04. The molecular formula is C14H19Br. The fourth-order valence-electron chi connectivity index (χ4n) is 1.61. The van der Waals surface area contributed by atoms with E-state index < -0.39 is 0 Å². The van der Waals surface area contributed by atoms with E-state index in [1.165, 1.54) is 29.5 Å². The lowest BCUT2D eigenvalue weighted by Crippen LogP contribution is -1.85. The summed E-state index contributed by atoms with van der Waals surface area (Å²) in [6, 6.07) is 8.94. The van der Waals surface area contributed by atoms with Crippen molar-refractivity contribution in [1.29, 1.82) is 0 Å². The molecule has 0 radical (unpaired) electrons. The summed E-state index contributed by atoms with van der Waals surface area (Å²) < 4.78 is 0. The summed E-state index contributed by atoms with van der Waals surface area (Å²) in [5.41, 5.74) is 4.16. The first-order chi connectivity index (χ1) is 7.27. The highest BCUT2D eigenvalue weighted by Crippen LogP contribution is 2.16. The molecule has 0 aliphatic rings. The second-order valence-corrected chi connectivity index (χ2v) is 4.60. The van der Waals surface area contributed by atoms with Crippen LogP contribution < -0.4 is 0 Å². The lowest BCUT2D eigenvalue weighted by Gasteiger charge is -2.03. The van der Waals surface area contributed by atoms with Crippen LogP contribution in [0.1, 0.15) is 37.8 Å². The number of halogens is 1. The van der Waals surface area contributed by atoms with Crippen LogP contribution in [0.3, 0.4) is 0 Å². The van der Waals surface area contributed by atoms with Crippen LogP contribution in [0, 0.1) is 0 Å². The van der Waals surface area contributed by atoms with Gasteiger partial charge in [-0.2, -0.15) is 0 Å². The molecule has 1 rings (SSSR count). The lowest BCUT2D eigenvalue weighted by molar-refractivity contribution is 0.921. The normalized spacial score (nSPS) is 11.8. The van der Waals surface area contributed by atoms with Crippen LogP contribution in [0.25, 0.3) is 5.57 Å². The van der Waals surface area contributed by atoms with Gasteiger partial charge in [0.15, 0.2) is 0 Å². The first-order valence-electron chi connectivity index (χ1n) is 5.60. The zero-order valence-electron chi connectivity index (χ0n) is 9.59. The molecule has 0 heterocycles. The Bertz CT molecular complexity index is 309. The molecule has 1 aromatic rings. The number of allylic oxidation sites excluding steroid dienone is 2. The summed E-state index contributed by atoms with van der Waals surface area (Å²) in [4.78, 5) is 0. The molecule has 0 amide bonds. The van der Waals surface area contributed by atoms with Crippen molar-refractivity contribution in [3.8, 4) is 0 Å². The highest BCUT2D eigenvalue weighted by molar-refractivity contribution is 9.09. The van der Waals surface area contributed by atoms with E-state index in [4.69, 9.17) is 0 Å². The minimum Gasteiger partial charge on any atom is -0.0925 e. The van der Waals surface area contributed by atoms with Crippen molar-refractivity contribution in [3.05, 3.63) is 41.5 Å². The molecule has 1 heteroatoms. The number of hydrogen-bond acceptors (Lipinski definition) is 0. The molecule has 0 spiro atoms. The van der Waals surface area contributed by atoms with Gasteiger partial charge in [-0.05, 0) is 36.5 Å². The predicted molar refractivity (Wildman–Crippen MR) is 72.5 cm³/mol. The summed E-state index contributed by atoms with van der Waals surface area (Å²) in [6.07, 6.45) is 5.79. The van der Waals surface area contributed by atoms with Gasteiger partial charge in [-0.3, -0.25) is 0 Å². The number of rotatable bonds is 5. The largest absolute Gasteiger partial charge is 0.0925 e. The summed E-state index contributed by atoms with van der Waals surface area (Å²) in [5.74, 6) is 0. The SMILES string of the molecule is CCCc1ccc(C(C)=CCCBr)cc1. The molecular weight excluding hydrogens is 248 g/mol. The quantitative estimate of drug-likeness (QED) is 0.670. The van der Waals surface area contributed by atoms with E-state index in [-0.39, 0.29) is 0 Å². The van der Waals surface area contributed by atoms with E-state index in [2.05, 4.69) is 60.1 Å². The Morgan fingerprint density at radius 3 is 2.47 bits per heavy atom. The van der Waals surface area contributed by atoms with Gasteiger partial charge in [-0.25, -0.2) is 0 Å². The Hall–Kier alpha value is -0.560. The van der Waals surface area contributed by atoms with Crippen LogP contribution in [0.4, 0.5) is 0 Å². The topological polar surface area (TPSA) is 0 Å². The molecule has 15 heavy (non-hydrogen) atoms. The third kappa shape index (κ3) is 4.21. The van der Waals surface area contributed by atoms with Gasteiger partial charge in [-0.1, -0.05) is 59.6 Å². The Labute approximate surface area is 102 Å². The average molecular weight is 267 g/mol. The Morgan fingerprint density at radius 1 is 1.27 bits per heavy atom. The van der Waals surface area contributed by atoms with Crippen LogP contribution in [0.5, 0.6) is 0 Å². The number of hydrogen-bond donors (Lipinski definition) is 0. The van der Waals surface area contributed by atoms with Crippen molar-refractivity contribution < 1.29 is 0 Å². The maximum absolute atomic E-state index is 3.44. The first-order valence-corrected chi connectivity index (χ1v) is 6.72. The Kier molecular flexibility index (Phi) is 5.70. The zero-order valence-corrected chi connectivity index (χ0v) is 11.2. The molecule has 0 nitrogen and oxygen atoms in total. The highest BCUT2D eigenvalue weighted by atomic mass is 79.9. The van der Waals surface area contributed by atoms with Gasteiger partial charge in [0.25, 0.3) is 0 Å². The zero-order chi connectivity index (χ0) is 11.1. The smallest absolute Gasteiger partial charge is 0.00661 e. The van der Waals surface area contributed by atoms with Crippen LogP contribution in [0.15, 0.2) is 30.3 Å². The minimum atomic E-state index is 1.04. The maximum atomic E-state index is 3.44. The molecule has 0 fully saturated rings. The van der Waals surface area contributed by atoms with Crippen molar-refractivity contribution in [1.82, 2.24) is 0 Å². The van der Waals surface area contributed by atoms with Gasteiger partial charge in [-0.15, -0.1) is 0 Å². The molecule has 0 saturated heterocycles. The molecule has 0 aliphatic heterocycles. The molecule has 0 N–H and O–H groups in total. The molecule has 0 saturated carbocycles. The van der Waals surface area contributed by atoms with Crippen molar-refractivity contribution in [2.75, 3.05) is 5.33 Å². The molecule has 0 aromatic heterocycles. The molecule has 0 aliphatic carbocycles. The van der Waals surface area contributed by atoms with Crippen LogP contribution in [0.2, 0.25) is 0 Å². The van der Waals surface area contributed by atoms with E-state index in [0.717, 1.165) is 11.8 Å². The van der Waals surface area contributed by atoms with Crippen molar-refractivity contribution >= 4 is 21.5 Å². The highest BCUT2D eigenvalue weighted by Gasteiger charge is 1.95. The molecule has 0 atom stereocenters. The standard InChI is InChI=1S/C14H19Br/c1-3-5-13-7-9-14(10-8-13)12(2)6-4-11-15/h6-10H,3-5,11H2,1-2H3. The van der Waals surface area contributed by atoms with Gasteiger partial charge in [0, 0.05) is 5.33 Å². The molecule has 0 unspecified atom stereocenters. The number of aryl methyl sites for hydroxylation is 1. The number of alkyl halides is 1. The lowest BCUT2D eigenvalue weighted by atomic mass is 10.0. The van der Waals surface area contributed by atoms with E-state index in [0.29, 0.717) is 0 Å². The van der Waals surface area contributed by atoms with E-state index in [1.807, 2.05) is 0 Å². The number of benzene rings is 1. The Balaban J connectivity index is 2.70. The van der Waals surface area contributed by atoms with E-state index >= 15 is 0 Å². The van der Waals surface area contributed by atoms with E-state index in [9.17, 15) is 0 Å². The molecule has 82 valence electrons. The van der Waals surface area contributed by atoms with Gasteiger partial charge < -0.3 is 0 Å². The van der Waals surface area contributed by atoms with Gasteiger partial charge >= 0.3 is 0 Å². The molecule has 0 bridgehead atoms. The van der Waals surface area contributed by atoms with Crippen molar-refractivity contribution in [3.63, 3.8) is 0 Å². The Morgan fingerprint density at radius 2 is 1.93 bits per heavy atom. The average Bonchev–Trinajstić information content (AvgIpc) is 2.27. The maximum Gasteiger partial charge on any atom is 0.00661 e. The fraction of sp³-hybridized carbons (Fsp3) is 0.429. The summed E-state index contributed by atoms with van der Waals surface area (Å²) in [6.45, 7) is 4.40. The molecule has 1 aromatic carbocycles. The van der Waals surface area contributed by atoms with Crippen LogP contribution in [-0.2, 0) is 6.42 Å². The minimum absolute atomic E-state index is 1.04. The van der Waals surface area contributed by atoms with Gasteiger partial charge in [0.2, 0.25) is 0 Å². The second-order valence-electron chi connectivity index (χ2n) is 3.81. The van der Waals surface area contributed by atoms with Crippen molar-refractivity contribution in [2.24, 2.45) is 0 Å². The van der Waals surface area contributed by atoms with Gasteiger partial charge in [0.1, 0.15) is 0 Å². The van der Waals surface area contributed by atoms with E-state index in [1.54, 1.807) is 0 Å². The third-order valence-electron chi connectivity index (χ3n) is 2.51. The summed E-state index contributed by atoms with van der Waals surface area (Å²) >= 11 is 3.44. The van der Waals surface area contributed by atoms with Crippen LogP contribution >= 0.6 is 15.9 Å². The second kappa shape index (κ2) is 6.84. The third-order valence-corrected chi connectivity index (χ3v) is 2.97. The first kappa shape index (κ1) is 12.5. The van der Waals surface area contributed by atoms with Crippen molar-refractivity contribution in [2.45, 2.75) is 33.1 Å².